The van der Waals surface area contributed by atoms with Gasteiger partial charge < -0.3 is 19.4 Å². The Hall–Kier alpha value is -1.96. The number of hydrogen-bond acceptors (Lipinski definition) is 6. The standard InChI is InChI=1S/C23H34N4O3/c1-18-24-20-8-7-9-21(22(20)23(28)25-18)30-15-6-4-2-3-5-10-26-11-13-27(14-12-26)19-16-29-17-19/h7-9,19H,2-6,10-17H2,1H3,(H,24,25,28). The Bertz CT molecular complexity index is 872. The van der Waals surface area contributed by atoms with E-state index in [4.69, 9.17) is 9.47 Å². The van der Waals surface area contributed by atoms with E-state index in [1.807, 2.05) is 18.2 Å². The van der Waals surface area contributed by atoms with Crippen LogP contribution in [0.4, 0.5) is 0 Å². The van der Waals surface area contributed by atoms with Crippen LogP contribution in [0.15, 0.2) is 23.0 Å². The van der Waals surface area contributed by atoms with E-state index in [2.05, 4.69) is 19.8 Å². The number of piperazine rings is 1. The maximum Gasteiger partial charge on any atom is 0.262 e. The zero-order valence-electron chi connectivity index (χ0n) is 18.1. The van der Waals surface area contributed by atoms with E-state index in [9.17, 15) is 4.79 Å². The summed E-state index contributed by atoms with van der Waals surface area (Å²) in [6, 6.07) is 6.28. The molecule has 0 aliphatic carbocycles. The van der Waals surface area contributed by atoms with Crippen LogP contribution < -0.4 is 10.3 Å². The first kappa shape index (κ1) is 21.3. The number of nitrogens with zero attached hydrogens (tertiary/aromatic N) is 3. The molecule has 0 amide bonds. The van der Waals surface area contributed by atoms with Crippen molar-refractivity contribution < 1.29 is 9.47 Å². The molecule has 1 N–H and O–H groups in total. The van der Waals surface area contributed by atoms with Crippen LogP contribution >= 0.6 is 0 Å². The number of rotatable bonds is 10. The third-order valence-electron chi connectivity index (χ3n) is 6.23. The fourth-order valence-electron chi connectivity index (χ4n) is 4.33. The van der Waals surface area contributed by atoms with Gasteiger partial charge in [-0.3, -0.25) is 9.69 Å². The molecule has 1 aromatic carbocycles. The molecule has 0 unspecified atom stereocenters. The Morgan fingerprint density at radius 2 is 1.87 bits per heavy atom. The lowest BCUT2D eigenvalue weighted by Crippen LogP contribution is -2.56. The average molecular weight is 415 g/mol. The van der Waals surface area contributed by atoms with Gasteiger partial charge in [0.2, 0.25) is 0 Å². The minimum Gasteiger partial charge on any atom is -0.493 e. The van der Waals surface area contributed by atoms with Crippen molar-refractivity contribution in [1.29, 1.82) is 0 Å². The summed E-state index contributed by atoms with van der Waals surface area (Å²) in [5.74, 6) is 1.26. The van der Waals surface area contributed by atoms with Crippen LogP contribution in [0.2, 0.25) is 0 Å². The van der Waals surface area contributed by atoms with Gasteiger partial charge in [0.1, 0.15) is 17.0 Å². The van der Waals surface area contributed by atoms with Gasteiger partial charge in [-0.2, -0.15) is 0 Å². The molecule has 0 bridgehead atoms. The topological polar surface area (TPSA) is 70.7 Å². The molecular formula is C23H34N4O3. The summed E-state index contributed by atoms with van der Waals surface area (Å²) < 4.78 is 11.2. The summed E-state index contributed by atoms with van der Waals surface area (Å²) in [4.78, 5) is 24.6. The maximum absolute atomic E-state index is 12.2. The monoisotopic (exact) mass is 414 g/mol. The number of aromatic amines is 1. The number of unbranched alkanes of at least 4 members (excludes halogenated alkanes) is 4. The predicted octanol–water partition coefficient (Wildman–Crippen LogP) is 2.58. The van der Waals surface area contributed by atoms with E-state index in [-0.39, 0.29) is 5.56 Å². The summed E-state index contributed by atoms with van der Waals surface area (Å²) in [6.45, 7) is 10.3. The summed E-state index contributed by atoms with van der Waals surface area (Å²) >= 11 is 0. The van der Waals surface area contributed by atoms with Gasteiger partial charge in [0.15, 0.2) is 0 Å². The normalized spacial score (nSPS) is 18.6. The zero-order valence-corrected chi connectivity index (χ0v) is 18.1. The van der Waals surface area contributed by atoms with Crippen molar-refractivity contribution in [3.05, 3.63) is 34.4 Å². The molecule has 2 aromatic rings. The van der Waals surface area contributed by atoms with Crippen molar-refractivity contribution in [3.8, 4) is 5.75 Å². The number of benzene rings is 1. The van der Waals surface area contributed by atoms with Crippen LogP contribution in [0, 0.1) is 6.92 Å². The number of aromatic nitrogens is 2. The first-order chi connectivity index (χ1) is 14.7. The molecule has 0 spiro atoms. The molecule has 1 aromatic heterocycles. The van der Waals surface area contributed by atoms with Gasteiger partial charge >= 0.3 is 0 Å². The summed E-state index contributed by atoms with van der Waals surface area (Å²) in [5, 5.41) is 0.549. The zero-order chi connectivity index (χ0) is 20.8. The van der Waals surface area contributed by atoms with E-state index in [1.54, 1.807) is 6.92 Å². The lowest BCUT2D eigenvalue weighted by molar-refractivity contribution is -0.0768. The fourth-order valence-corrected chi connectivity index (χ4v) is 4.33. The van der Waals surface area contributed by atoms with E-state index in [0.29, 0.717) is 35.1 Å². The molecule has 2 aliphatic heterocycles. The first-order valence-corrected chi connectivity index (χ1v) is 11.4. The van der Waals surface area contributed by atoms with E-state index in [0.717, 1.165) is 26.1 Å². The highest BCUT2D eigenvalue weighted by Crippen LogP contribution is 2.21. The van der Waals surface area contributed by atoms with Crippen LogP contribution in [-0.4, -0.2) is 78.4 Å². The fraction of sp³-hybridized carbons (Fsp3) is 0.652. The van der Waals surface area contributed by atoms with Crippen LogP contribution in [0.5, 0.6) is 5.75 Å². The highest BCUT2D eigenvalue weighted by Gasteiger charge is 2.28. The highest BCUT2D eigenvalue weighted by atomic mass is 16.5. The Labute approximate surface area is 178 Å². The number of nitrogens with one attached hydrogen (secondary N) is 1. The van der Waals surface area contributed by atoms with Crippen molar-refractivity contribution >= 4 is 10.9 Å². The van der Waals surface area contributed by atoms with Gasteiger partial charge in [-0.1, -0.05) is 25.3 Å². The molecule has 2 fully saturated rings. The van der Waals surface area contributed by atoms with Crippen LogP contribution in [0.1, 0.15) is 37.9 Å². The largest absolute Gasteiger partial charge is 0.493 e. The third kappa shape index (κ3) is 5.39. The lowest BCUT2D eigenvalue weighted by Gasteiger charge is -2.42. The minimum atomic E-state index is -0.130. The van der Waals surface area contributed by atoms with Gasteiger partial charge in [-0.15, -0.1) is 0 Å². The molecule has 7 heteroatoms. The van der Waals surface area contributed by atoms with Crippen molar-refractivity contribution in [2.24, 2.45) is 0 Å². The summed E-state index contributed by atoms with van der Waals surface area (Å²) in [7, 11) is 0. The van der Waals surface area contributed by atoms with Crippen molar-refractivity contribution in [1.82, 2.24) is 19.8 Å². The number of aryl methyl sites for hydroxylation is 1. The van der Waals surface area contributed by atoms with Crippen LogP contribution in [0.25, 0.3) is 10.9 Å². The predicted molar refractivity (Wildman–Crippen MR) is 118 cm³/mol. The first-order valence-electron chi connectivity index (χ1n) is 11.4. The van der Waals surface area contributed by atoms with E-state index < -0.39 is 0 Å². The lowest BCUT2D eigenvalue weighted by atomic mass is 10.1. The van der Waals surface area contributed by atoms with Gasteiger partial charge in [0.05, 0.1) is 31.4 Å². The second-order valence-electron chi connectivity index (χ2n) is 8.49. The molecule has 0 atom stereocenters. The SMILES string of the molecule is Cc1nc2cccc(OCCCCCCCN3CCN(C4COC4)CC3)c2c(=O)[nH]1. The molecule has 4 rings (SSSR count). The number of fused-ring (bicyclic) bond motifs is 1. The Balaban J connectivity index is 1.08. The summed E-state index contributed by atoms with van der Waals surface area (Å²) in [5.41, 5.74) is 0.561. The van der Waals surface area contributed by atoms with Crippen molar-refractivity contribution in [3.63, 3.8) is 0 Å². The molecule has 7 nitrogen and oxygen atoms in total. The molecule has 3 heterocycles. The van der Waals surface area contributed by atoms with Gasteiger partial charge in [0, 0.05) is 26.2 Å². The Morgan fingerprint density at radius 3 is 2.63 bits per heavy atom. The highest BCUT2D eigenvalue weighted by molar-refractivity contribution is 5.84. The second-order valence-corrected chi connectivity index (χ2v) is 8.49. The summed E-state index contributed by atoms with van der Waals surface area (Å²) in [6.07, 6.45) is 5.95. The molecule has 0 saturated carbocycles. The number of hydrogen-bond donors (Lipinski definition) is 1. The van der Waals surface area contributed by atoms with Gasteiger partial charge in [0.25, 0.3) is 5.56 Å². The Kier molecular flexibility index (Phi) is 7.36. The van der Waals surface area contributed by atoms with Crippen molar-refractivity contribution in [2.45, 2.75) is 45.1 Å². The number of ether oxygens (including phenoxy) is 2. The maximum atomic E-state index is 12.2. The quantitative estimate of drug-likeness (QED) is 0.603. The molecule has 0 radical (unpaired) electrons. The van der Waals surface area contributed by atoms with E-state index in [1.165, 1.54) is 52.0 Å². The van der Waals surface area contributed by atoms with Crippen LogP contribution in [0.3, 0.4) is 0 Å². The molecule has 2 saturated heterocycles. The van der Waals surface area contributed by atoms with Gasteiger partial charge in [-0.25, -0.2) is 4.98 Å². The van der Waals surface area contributed by atoms with Crippen LogP contribution in [-0.2, 0) is 4.74 Å². The molecule has 2 aliphatic rings. The smallest absolute Gasteiger partial charge is 0.262 e. The van der Waals surface area contributed by atoms with E-state index >= 15 is 0 Å². The molecular weight excluding hydrogens is 380 g/mol. The molecule has 164 valence electrons. The minimum absolute atomic E-state index is 0.130. The van der Waals surface area contributed by atoms with Crippen molar-refractivity contribution in [2.75, 3.05) is 52.5 Å². The third-order valence-corrected chi connectivity index (χ3v) is 6.23. The molecule has 30 heavy (non-hydrogen) atoms. The Morgan fingerprint density at radius 1 is 1.10 bits per heavy atom. The average Bonchev–Trinajstić information content (AvgIpc) is 2.69. The number of H-pyrrole nitrogens is 1. The van der Waals surface area contributed by atoms with Gasteiger partial charge in [-0.05, 0) is 38.4 Å². The second kappa shape index (κ2) is 10.4.